The number of aliphatic carboxylic acids is 1. The summed E-state index contributed by atoms with van der Waals surface area (Å²) in [4.78, 5) is 22.0. The molecule has 1 rings (SSSR count). The number of carbonyl (C=O) groups excluding carboxylic acids is 1. The highest BCUT2D eigenvalue weighted by Gasteiger charge is 2.08. The molecule has 21 heavy (non-hydrogen) atoms. The van der Waals surface area contributed by atoms with E-state index < -0.39 is 5.97 Å². The molecule has 0 aliphatic carbocycles. The number of amides is 1. The summed E-state index contributed by atoms with van der Waals surface area (Å²) in [5.41, 5.74) is 0.638. The predicted molar refractivity (Wildman–Crippen MR) is 81.5 cm³/mol. The van der Waals surface area contributed by atoms with E-state index in [4.69, 9.17) is 21.4 Å². The van der Waals surface area contributed by atoms with Crippen molar-refractivity contribution in [1.82, 2.24) is 5.32 Å². The highest BCUT2D eigenvalue weighted by molar-refractivity contribution is 6.32. The Hall–Kier alpha value is -2.01. The van der Waals surface area contributed by atoms with Crippen LogP contribution in [0.4, 0.5) is 0 Å². The zero-order chi connectivity index (χ0) is 15.8. The van der Waals surface area contributed by atoms with E-state index >= 15 is 0 Å². The van der Waals surface area contributed by atoms with Crippen LogP contribution in [0.2, 0.25) is 5.02 Å². The molecular formula is C15H18ClNO4. The van der Waals surface area contributed by atoms with Gasteiger partial charge < -0.3 is 15.2 Å². The zero-order valence-electron chi connectivity index (χ0n) is 11.9. The average molecular weight is 312 g/mol. The molecule has 0 heterocycles. The Labute approximate surface area is 128 Å². The first-order valence-electron chi connectivity index (χ1n) is 6.55. The summed E-state index contributed by atoms with van der Waals surface area (Å²) < 4.78 is 5.34. The van der Waals surface area contributed by atoms with Crippen LogP contribution in [0.1, 0.15) is 25.8 Å². The van der Waals surface area contributed by atoms with Crippen molar-refractivity contribution in [2.75, 3.05) is 6.61 Å². The maximum atomic E-state index is 11.6. The first-order chi connectivity index (χ1) is 9.92. The van der Waals surface area contributed by atoms with E-state index in [0.29, 0.717) is 16.3 Å². The number of ether oxygens (including phenoxy) is 1. The van der Waals surface area contributed by atoms with Gasteiger partial charge in [-0.2, -0.15) is 0 Å². The third-order valence-corrected chi connectivity index (χ3v) is 3.05. The number of halogens is 1. The van der Waals surface area contributed by atoms with Gasteiger partial charge in [0.15, 0.2) is 6.61 Å². The molecule has 0 spiro atoms. The molecule has 114 valence electrons. The Bertz CT molecular complexity index is 542. The molecule has 0 aliphatic heterocycles. The Morgan fingerprint density at radius 1 is 1.48 bits per heavy atom. The third-order valence-electron chi connectivity index (χ3n) is 2.75. The summed E-state index contributed by atoms with van der Waals surface area (Å²) >= 11 is 6.02. The molecule has 1 amide bonds. The zero-order valence-corrected chi connectivity index (χ0v) is 12.7. The van der Waals surface area contributed by atoms with Crippen molar-refractivity contribution in [3.8, 4) is 5.75 Å². The summed E-state index contributed by atoms with van der Waals surface area (Å²) in [6, 6.07) is 4.93. The molecule has 1 atom stereocenters. The Morgan fingerprint density at radius 3 is 2.76 bits per heavy atom. The third kappa shape index (κ3) is 6.31. The maximum Gasteiger partial charge on any atom is 0.328 e. The second-order valence-corrected chi connectivity index (χ2v) is 4.93. The molecule has 0 aromatic heterocycles. The number of hydrogen-bond donors (Lipinski definition) is 2. The van der Waals surface area contributed by atoms with Crippen LogP contribution in [0.25, 0.3) is 6.08 Å². The van der Waals surface area contributed by atoms with Crippen LogP contribution in [0.5, 0.6) is 5.75 Å². The lowest BCUT2D eigenvalue weighted by Gasteiger charge is -2.12. The minimum atomic E-state index is -1.03. The Kier molecular flexibility index (Phi) is 6.75. The van der Waals surface area contributed by atoms with E-state index in [1.54, 1.807) is 18.2 Å². The molecule has 6 heteroatoms. The lowest BCUT2D eigenvalue weighted by Crippen LogP contribution is -2.35. The summed E-state index contributed by atoms with van der Waals surface area (Å²) in [6.07, 6.45) is 3.29. The topological polar surface area (TPSA) is 75.6 Å². The van der Waals surface area contributed by atoms with Crippen LogP contribution in [-0.4, -0.2) is 29.6 Å². The number of carboxylic acids is 1. The van der Waals surface area contributed by atoms with Crippen molar-refractivity contribution < 1.29 is 19.4 Å². The standard InChI is InChI=1S/C15H18ClNO4/c1-3-10(2)17-14(18)9-21-13-6-4-11(8-12(13)16)5-7-15(19)20/h4-8,10H,3,9H2,1-2H3,(H,17,18)(H,19,20). The van der Waals surface area contributed by atoms with Gasteiger partial charge in [-0.1, -0.05) is 24.6 Å². The molecule has 1 aromatic rings. The summed E-state index contributed by atoms with van der Waals surface area (Å²) in [5, 5.41) is 11.6. The lowest BCUT2D eigenvalue weighted by atomic mass is 10.2. The van der Waals surface area contributed by atoms with Gasteiger partial charge in [0, 0.05) is 12.1 Å². The minimum absolute atomic E-state index is 0.0973. The number of carbonyl (C=O) groups is 2. The van der Waals surface area contributed by atoms with Crippen molar-refractivity contribution in [1.29, 1.82) is 0 Å². The molecule has 2 N–H and O–H groups in total. The largest absolute Gasteiger partial charge is 0.482 e. The highest BCUT2D eigenvalue weighted by Crippen LogP contribution is 2.25. The van der Waals surface area contributed by atoms with Gasteiger partial charge in [0.1, 0.15) is 5.75 Å². The molecular weight excluding hydrogens is 294 g/mol. The molecule has 0 bridgehead atoms. The van der Waals surface area contributed by atoms with Gasteiger partial charge in [0.05, 0.1) is 5.02 Å². The van der Waals surface area contributed by atoms with E-state index in [1.165, 1.54) is 6.08 Å². The van der Waals surface area contributed by atoms with Crippen LogP contribution >= 0.6 is 11.6 Å². The minimum Gasteiger partial charge on any atom is -0.482 e. The summed E-state index contributed by atoms with van der Waals surface area (Å²) in [6.45, 7) is 3.77. The predicted octanol–water partition coefficient (Wildman–Crippen LogP) is 2.73. The molecule has 1 aromatic carbocycles. The number of hydrogen-bond acceptors (Lipinski definition) is 3. The normalized spacial score (nSPS) is 12.1. The molecule has 5 nitrogen and oxygen atoms in total. The first-order valence-corrected chi connectivity index (χ1v) is 6.93. The second kappa shape index (κ2) is 8.32. The number of nitrogens with one attached hydrogen (secondary N) is 1. The smallest absolute Gasteiger partial charge is 0.328 e. The first kappa shape index (κ1) is 17.0. The fraction of sp³-hybridized carbons (Fsp3) is 0.333. The molecule has 1 unspecified atom stereocenters. The van der Waals surface area contributed by atoms with Gasteiger partial charge in [-0.05, 0) is 37.1 Å². The molecule has 0 saturated carbocycles. The van der Waals surface area contributed by atoms with Gasteiger partial charge in [-0.3, -0.25) is 4.79 Å². The van der Waals surface area contributed by atoms with Crippen molar-refractivity contribution >= 4 is 29.6 Å². The molecule has 0 radical (unpaired) electrons. The quantitative estimate of drug-likeness (QED) is 0.759. The lowest BCUT2D eigenvalue weighted by molar-refractivity contribution is -0.131. The van der Waals surface area contributed by atoms with E-state index in [2.05, 4.69) is 5.32 Å². The fourth-order valence-electron chi connectivity index (χ4n) is 1.47. The van der Waals surface area contributed by atoms with E-state index in [1.807, 2.05) is 13.8 Å². The number of carboxylic acid groups (broad SMARTS) is 1. The second-order valence-electron chi connectivity index (χ2n) is 4.53. The van der Waals surface area contributed by atoms with Crippen LogP contribution in [0.3, 0.4) is 0 Å². The maximum absolute atomic E-state index is 11.6. The number of rotatable bonds is 7. The highest BCUT2D eigenvalue weighted by atomic mass is 35.5. The summed E-state index contributed by atoms with van der Waals surface area (Å²) in [5.74, 6) is -0.869. The van der Waals surface area contributed by atoms with Gasteiger partial charge in [-0.25, -0.2) is 4.79 Å². The van der Waals surface area contributed by atoms with Crippen LogP contribution in [0, 0.1) is 0 Å². The van der Waals surface area contributed by atoms with Crippen LogP contribution in [-0.2, 0) is 9.59 Å². The van der Waals surface area contributed by atoms with Gasteiger partial charge in [-0.15, -0.1) is 0 Å². The monoisotopic (exact) mass is 311 g/mol. The molecule has 0 fully saturated rings. The fourth-order valence-corrected chi connectivity index (χ4v) is 1.71. The van der Waals surface area contributed by atoms with E-state index in [0.717, 1.165) is 12.5 Å². The van der Waals surface area contributed by atoms with Gasteiger partial charge >= 0.3 is 5.97 Å². The molecule has 0 saturated heterocycles. The van der Waals surface area contributed by atoms with E-state index in [9.17, 15) is 9.59 Å². The van der Waals surface area contributed by atoms with Gasteiger partial charge in [0.25, 0.3) is 5.91 Å². The van der Waals surface area contributed by atoms with Crippen molar-refractivity contribution in [2.24, 2.45) is 0 Å². The van der Waals surface area contributed by atoms with Gasteiger partial charge in [0.2, 0.25) is 0 Å². The molecule has 0 aliphatic rings. The van der Waals surface area contributed by atoms with Crippen LogP contribution < -0.4 is 10.1 Å². The Balaban J connectivity index is 2.61. The summed E-state index contributed by atoms with van der Waals surface area (Å²) in [7, 11) is 0. The van der Waals surface area contributed by atoms with Crippen molar-refractivity contribution in [3.63, 3.8) is 0 Å². The average Bonchev–Trinajstić information content (AvgIpc) is 2.43. The Morgan fingerprint density at radius 2 is 2.19 bits per heavy atom. The van der Waals surface area contributed by atoms with E-state index in [-0.39, 0.29) is 18.6 Å². The van der Waals surface area contributed by atoms with Crippen molar-refractivity contribution in [2.45, 2.75) is 26.3 Å². The number of benzene rings is 1. The van der Waals surface area contributed by atoms with Crippen molar-refractivity contribution in [3.05, 3.63) is 34.9 Å². The van der Waals surface area contributed by atoms with Crippen LogP contribution in [0.15, 0.2) is 24.3 Å². The SMILES string of the molecule is CCC(C)NC(=O)COc1ccc(C=CC(=O)O)cc1Cl.